The number of rotatable bonds is 7. The Labute approximate surface area is 198 Å². The molecule has 0 radical (unpaired) electrons. The van der Waals surface area contributed by atoms with Gasteiger partial charge in [-0.3, -0.25) is 4.79 Å². The lowest BCUT2D eigenvalue weighted by atomic mass is 9.95. The Balaban J connectivity index is 1.77. The summed E-state index contributed by atoms with van der Waals surface area (Å²) in [5, 5.41) is 0.946. The summed E-state index contributed by atoms with van der Waals surface area (Å²) in [6.07, 6.45) is 3.33. The van der Waals surface area contributed by atoms with E-state index in [4.69, 9.17) is 14.2 Å². The van der Waals surface area contributed by atoms with Crippen molar-refractivity contribution in [3.05, 3.63) is 60.7 Å². The van der Waals surface area contributed by atoms with Crippen LogP contribution in [-0.4, -0.2) is 60.7 Å². The first-order chi connectivity index (χ1) is 16.4. The van der Waals surface area contributed by atoms with Crippen molar-refractivity contribution < 1.29 is 19.0 Å². The summed E-state index contributed by atoms with van der Waals surface area (Å²) in [4.78, 5) is 26.6. The number of hydrogen-bond donors (Lipinski definition) is 0. The highest BCUT2D eigenvalue weighted by Crippen LogP contribution is 2.36. The van der Waals surface area contributed by atoms with Crippen LogP contribution in [-0.2, 0) is 4.79 Å². The van der Waals surface area contributed by atoms with Crippen LogP contribution in [0, 0.1) is 6.92 Å². The van der Waals surface area contributed by atoms with Gasteiger partial charge in [0, 0.05) is 42.5 Å². The molecule has 0 aliphatic heterocycles. The molecule has 0 spiro atoms. The normalized spacial score (nSPS) is 10.7. The highest BCUT2D eigenvalue weighted by molar-refractivity contribution is 5.98. The molecule has 8 nitrogen and oxygen atoms in total. The van der Waals surface area contributed by atoms with Gasteiger partial charge in [0.2, 0.25) is 0 Å². The summed E-state index contributed by atoms with van der Waals surface area (Å²) >= 11 is 0. The van der Waals surface area contributed by atoms with Crippen molar-refractivity contribution in [3.8, 4) is 39.6 Å². The average molecular weight is 459 g/mol. The molecule has 2 heterocycles. The molecule has 34 heavy (non-hydrogen) atoms. The third kappa shape index (κ3) is 4.61. The lowest BCUT2D eigenvalue weighted by molar-refractivity contribution is -0.130. The Morgan fingerprint density at radius 2 is 1.68 bits per heavy atom. The first-order valence-electron chi connectivity index (χ1n) is 10.7. The number of hydrogen-bond acceptors (Lipinski definition) is 7. The van der Waals surface area contributed by atoms with E-state index in [0.29, 0.717) is 17.4 Å². The molecule has 0 aliphatic carbocycles. The molecule has 0 bridgehead atoms. The predicted molar refractivity (Wildman–Crippen MR) is 130 cm³/mol. The third-order valence-electron chi connectivity index (χ3n) is 5.53. The number of aryl methyl sites for hydroxylation is 1. The molecule has 0 fully saturated rings. The van der Waals surface area contributed by atoms with Crippen LogP contribution in [0.4, 0.5) is 0 Å². The van der Waals surface area contributed by atoms with E-state index in [-0.39, 0.29) is 12.5 Å². The van der Waals surface area contributed by atoms with Crippen molar-refractivity contribution in [1.29, 1.82) is 0 Å². The molecule has 8 heteroatoms. The summed E-state index contributed by atoms with van der Waals surface area (Å²) in [6, 6.07) is 13.6. The monoisotopic (exact) mass is 458 g/mol. The zero-order valence-corrected chi connectivity index (χ0v) is 19.8. The van der Waals surface area contributed by atoms with Crippen LogP contribution >= 0.6 is 0 Å². The van der Waals surface area contributed by atoms with Crippen LogP contribution in [0.15, 0.2) is 55.0 Å². The number of carbonyl (C=O) groups excluding carboxylic acids is 1. The zero-order valence-electron chi connectivity index (χ0n) is 19.8. The first-order valence-corrected chi connectivity index (χ1v) is 10.7. The SMILES string of the molecule is COc1cc(-c2cc(-c3ccc(OCC(=O)N(C)C)cc3)c3ncnc(C)c3c2)cnc1OC. The van der Waals surface area contributed by atoms with Gasteiger partial charge in [0.25, 0.3) is 11.8 Å². The fourth-order valence-corrected chi connectivity index (χ4v) is 3.57. The van der Waals surface area contributed by atoms with Crippen molar-refractivity contribution in [2.45, 2.75) is 6.92 Å². The molecular weight excluding hydrogens is 432 g/mol. The molecule has 0 N–H and O–H groups in total. The minimum atomic E-state index is -0.0986. The van der Waals surface area contributed by atoms with Crippen LogP contribution in [0.1, 0.15) is 5.69 Å². The molecule has 2 aromatic heterocycles. The quantitative estimate of drug-likeness (QED) is 0.411. The topological polar surface area (TPSA) is 86.7 Å². The number of amides is 1. The molecule has 0 saturated heterocycles. The van der Waals surface area contributed by atoms with Gasteiger partial charge >= 0.3 is 0 Å². The van der Waals surface area contributed by atoms with Crippen LogP contribution in [0.2, 0.25) is 0 Å². The first kappa shape index (κ1) is 23.0. The molecule has 0 unspecified atom stereocenters. The van der Waals surface area contributed by atoms with Gasteiger partial charge in [-0.2, -0.15) is 0 Å². The number of nitrogens with zero attached hydrogens (tertiary/aromatic N) is 4. The highest BCUT2D eigenvalue weighted by Gasteiger charge is 2.14. The Morgan fingerprint density at radius 1 is 0.912 bits per heavy atom. The van der Waals surface area contributed by atoms with Crippen LogP contribution < -0.4 is 14.2 Å². The maximum absolute atomic E-state index is 11.8. The molecule has 0 atom stereocenters. The second-order valence-corrected chi connectivity index (χ2v) is 7.92. The van der Waals surface area contributed by atoms with E-state index in [0.717, 1.165) is 38.9 Å². The fourth-order valence-electron chi connectivity index (χ4n) is 3.57. The van der Waals surface area contributed by atoms with Gasteiger partial charge in [0.05, 0.1) is 19.7 Å². The van der Waals surface area contributed by atoms with E-state index in [2.05, 4.69) is 27.1 Å². The molecule has 2 aromatic carbocycles. The van der Waals surface area contributed by atoms with Crippen molar-refractivity contribution in [2.24, 2.45) is 0 Å². The predicted octanol–water partition coefficient (Wildman–Crippen LogP) is 4.15. The Morgan fingerprint density at radius 3 is 2.35 bits per heavy atom. The Kier molecular flexibility index (Phi) is 6.58. The minimum Gasteiger partial charge on any atom is -0.491 e. The lowest BCUT2D eigenvalue weighted by Crippen LogP contribution is -2.27. The van der Waals surface area contributed by atoms with Crippen LogP contribution in [0.25, 0.3) is 33.2 Å². The van der Waals surface area contributed by atoms with Gasteiger partial charge in [-0.25, -0.2) is 15.0 Å². The second kappa shape index (κ2) is 9.74. The zero-order chi connectivity index (χ0) is 24.2. The van der Waals surface area contributed by atoms with E-state index in [1.165, 1.54) is 4.90 Å². The van der Waals surface area contributed by atoms with Gasteiger partial charge in [-0.1, -0.05) is 12.1 Å². The van der Waals surface area contributed by atoms with E-state index >= 15 is 0 Å². The molecule has 174 valence electrons. The number of ether oxygens (including phenoxy) is 3. The fraction of sp³-hybridized carbons (Fsp3) is 0.231. The summed E-state index contributed by atoms with van der Waals surface area (Å²) in [5.41, 5.74) is 5.47. The van der Waals surface area contributed by atoms with Crippen molar-refractivity contribution in [2.75, 3.05) is 34.9 Å². The summed E-state index contributed by atoms with van der Waals surface area (Å²) in [6.45, 7) is 1.95. The number of aromatic nitrogens is 3. The molecular formula is C26H26N4O4. The number of likely N-dealkylation sites (N-methyl/N-ethyl adjacent to an activating group) is 1. The number of benzene rings is 2. The average Bonchev–Trinajstić information content (AvgIpc) is 2.86. The van der Waals surface area contributed by atoms with Crippen molar-refractivity contribution in [1.82, 2.24) is 19.9 Å². The van der Waals surface area contributed by atoms with Crippen molar-refractivity contribution >= 4 is 16.8 Å². The van der Waals surface area contributed by atoms with E-state index < -0.39 is 0 Å². The minimum absolute atomic E-state index is 0.0104. The van der Waals surface area contributed by atoms with E-state index in [9.17, 15) is 4.79 Å². The van der Waals surface area contributed by atoms with E-state index in [1.807, 2.05) is 37.3 Å². The molecule has 1 amide bonds. The second-order valence-electron chi connectivity index (χ2n) is 7.92. The molecule has 4 rings (SSSR count). The maximum atomic E-state index is 11.8. The van der Waals surface area contributed by atoms with Crippen molar-refractivity contribution in [3.63, 3.8) is 0 Å². The van der Waals surface area contributed by atoms with Gasteiger partial charge < -0.3 is 19.1 Å². The smallest absolute Gasteiger partial charge is 0.259 e. The molecule has 4 aromatic rings. The number of pyridine rings is 1. The van der Waals surface area contributed by atoms with Gasteiger partial charge in [0.15, 0.2) is 12.4 Å². The summed E-state index contributed by atoms with van der Waals surface area (Å²) < 4.78 is 16.3. The molecule has 0 aliphatic rings. The lowest BCUT2D eigenvalue weighted by Gasteiger charge is -2.14. The third-order valence-corrected chi connectivity index (χ3v) is 5.53. The Bertz CT molecular complexity index is 1340. The van der Waals surface area contributed by atoms with Gasteiger partial charge in [-0.15, -0.1) is 0 Å². The van der Waals surface area contributed by atoms with Crippen LogP contribution in [0.5, 0.6) is 17.4 Å². The Hall–Kier alpha value is -4.20. The molecule has 0 saturated carbocycles. The number of carbonyl (C=O) groups is 1. The highest BCUT2D eigenvalue weighted by atomic mass is 16.5. The van der Waals surface area contributed by atoms with E-state index in [1.54, 1.807) is 40.8 Å². The number of methoxy groups -OCH3 is 2. The summed E-state index contributed by atoms with van der Waals surface area (Å²) in [7, 11) is 6.54. The standard InChI is InChI=1S/C26H26N4O4/c1-16-21-10-18(19-12-23(32-4)26(33-5)27-13-19)11-22(25(21)29-15-28-16)17-6-8-20(9-7-17)34-14-24(31)30(2)3/h6-13,15H,14H2,1-5H3. The largest absolute Gasteiger partial charge is 0.491 e. The number of fused-ring (bicyclic) bond motifs is 1. The summed E-state index contributed by atoms with van der Waals surface area (Å²) in [5.74, 6) is 1.50. The maximum Gasteiger partial charge on any atom is 0.259 e. The van der Waals surface area contributed by atoms with Gasteiger partial charge in [-0.05, 0) is 48.4 Å². The van der Waals surface area contributed by atoms with Crippen LogP contribution in [0.3, 0.4) is 0 Å². The van der Waals surface area contributed by atoms with Gasteiger partial charge in [0.1, 0.15) is 12.1 Å².